The normalized spacial score (nSPS) is 16.7. The third-order valence-electron chi connectivity index (χ3n) is 3.82. The topological polar surface area (TPSA) is 45.7 Å². The van der Waals surface area contributed by atoms with Crippen molar-refractivity contribution in [1.82, 2.24) is 10.6 Å². The molecule has 0 bridgehead atoms. The lowest BCUT2D eigenvalue weighted by molar-refractivity contribution is 0.0646. The van der Waals surface area contributed by atoms with Crippen molar-refractivity contribution in [2.24, 2.45) is 4.99 Å². The number of guanidine groups is 1. The summed E-state index contributed by atoms with van der Waals surface area (Å²) in [5.74, 6) is 0.879. The Labute approximate surface area is 133 Å². The minimum Gasteiger partial charge on any atom is -0.374 e. The van der Waals surface area contributed by atoms with E-state index in [0.29, 0.717) is 6.04 Å². The zero-order valence-electron chi connectivity index (χ0n) is 13.6. The van der Waals surface area contributed by atoms with Gasteiger partial charge in [0.1, 0.15) is 0 Å². The van der Waals surface area contributed by atoms with Crippen molar-refractivity contribution in [1.29, 1.82) is 0 Å². The first-order valence-electron chi connectivity index (χ1n) is 8.08. The maximum Gasteiger partial charge on any atom is 0.191 e. The number of nitrogens with zero attached hydrogens (tertiary/aromatic N) is 1. The second kappa shape index (κ2) is 9.26. The Bertz CT molecular complexity index is 476. The first-order valence-corrected chi connectivity index (χ1v) is 8.08. The summed E-state index contributed by atoms with van der Waals surface area (Å²) in [5.41, 5.74) is 1.22. The summed E-state index contributed by atoms with van der Waals surface area (Å²) in [4.78, 5) is 4.26. The zero-order chi connectivity index (χ0) is 15.6. The summed E-state index contributed by atoms with van der Waals surface area (Å²) in [6.45, 7) is 3.70. The highest BCUT2D eigenvalue weighted by molar-refractivity contribution is 5.80. The van der Waals surface area contributed by atoms with Gasteiger partial charge in [-0.25, -0.2) is 0 Å². The van der Waals surface area contributed by atoms with Gasteiger partial charge in [-0.3, -0.25) is 4.99 Å². The van der Waals surface area contributed by atoms with Crippen molar-refractivity contribution in [2.75, 3.05) is 20.2 Å². The molecule has 0 spiro atoms. The van der Waals surface area contributed by atoms with Gasteiger partial charge in [-0.2, -0.15) is 0 Å². The Balaban J connectivity index is 1.58. The van der Waals surface area contributed by atoms with Crippen molar-refractivity contribution in [2.45, 2.75) is 38.3 Å². The Morgan fingerprint density at radius 2 is 2.00 bits per heavy atom. The van der Waals surface area contributed by atoms with Crippen LogP contribution in [0.3, 0.4) is 0 Å². The SMILES string of the molecule is CN=C(NCCCOC(C)c1ccccc1)NC1CC=CC1. The van der Waals surface area contributed by atoms with Crippen LogP contribution in [0.15, 0.2) is 47.5 Å². The first kappa shape index (κ1) is 16.6. The molecular weight excluding hydrogens is 274 g/mol. The number of aliphatic imine (C=N–C) groups is 1. The van der Waals surface area contributed by atoms with Gasteiger partial charge < -0.3 is 15.4 Å². The van der Waals surface area contributed by atoms with Crippen molar-refractivity contribution in [3.63, 3.8) is 0 Å². The van der Waals surface area contributed by atoms with E-state index in [4.69, 9.17) is 4.74 Å². The van der Waals surface area contributed by atoms with Crippen molar-refractivity contribution in [3.05, 3.63) is 48.0 Å². The van der Waals surface area contributed by atoms with Crippen LogP contribution in [0, 0.1) is 0 Å². The van der Waals surface area contributed by atoms with Crippen molar-refractivity contribution >= 4 is 5.96 Å². The third kappa shape index (κ3) is 5.53. The van der Waals surface area contributed by atoms with E-state index in [1.54, 1.807) is 0 Å². The Hall–Kier alpha value is -1.81. The largest absolute Gasteiger partial charge is 0.374 e. The fraction of sp³-hybridized carbons (Fsp3) is 0.500. The van der Waals surface area contributed by atoms with Gasteiger partial charge in [0, 0.05) is 26.2 Å². The van der Waals surface area contributed by atoms with E-state index in [0.717, 1.165) is 38.4 Å². The molecule has 0 fully saturated rings. The molecule has 22 heavy (non-hydrogen) atoms. The molecule has 0 aromatic heterocycles. The van der Waals surface area contributed by atoms with E-state index in [1.807, 2.05) is 25.2 Å². The van der Waals surface area contributed by atoms with E-state index in [9.17, 15) is 0 Å². The summed E-state index contributed by atoms with van der Waals surface area (Å²) in [5, 5.41) is 6.77. The van der Waals surface area contributed by atoms with Gasteiger partial charge in [-0.15, -0.1) is 0 Å². The highest BCUT2D eigenvalue weighted by atomic mass is 16.5. The lowest BCUT2D eigenvalue weighted by Gasteiger charge is -2.17. The predicted molar refractivity (Wildman–Crippen MR) is 92.1 cm³/mol. The lowest BCUT2D eigenvalue weighted by Crippen LogP contribution is -2.42. The van der Waals surface area contributed by atoms with Gasteiger partial charge in [0.2, 0.25) is 0 Å². The molecular formula is C18H27N3O. The summed E-state index contributed by atoms with van der Waals surface area (Å²) >= 11 is 0. The maximum absolute atomic E-state index is 5.87. The maximum atomic E-state index is 5.87. The van der Waals surface area contributed by atoms with Crippen molar-refractivity contribution < 1.29 is 4.74 Å². The molecule has 0 amide bonds. The second-order valence-electron chi connectivity index (χ2n) is 5.56. The number of benzene rings is 1. The van der Waals surface area contributed by atoms with E-state index in [2.05, 4.69) is 46.8 Å². The minimum absolute atomic E-state index is 0.142. The van der Waals surface area contributed by atoms with Crippen LogP contribution in [0.25, 0.3) is 0 Å². The van der Waals surface area contributed by atoms with Crippen LogP contribution >= 0.6 is 0 Å². The second-order valence-corrected chi connectivity index (χ2v) is 5.56. The van der Waals surface area contributed by atoms with Crippen LogP contribution in [0.1, 0.15) is 37.9 Å². The van der Waals surface area contributed by atoms with Gasteiger partial charge >= 0.3 is 0 Å². The number of hydrogen-bond donors (Lipinski definition) is 2. The molecule has 1 unspecified atom stereocenters. The first-order chi connectivity index (χ1) is 10.8. The van der Waals surface area contributed by atoms with E-state index < -0.39 is 0 Å². The number of ether oxygens (including phenoxy) is 1. The van der Waals surface area contributed by atoms with Crippen LogP contribution in [-0.4, -0.2) is 32.2 Å². The smallest absolute Gasteiger partial charge is 0.191 e. The van der Waals surface area contributed by atoms with Crippen LogP contribution in [0.4, 0.5) is 0 Å². The molecule has 1 atom stereocenters. The molecule has 0 heterocycles. The molecule has 1 aliphatic rings. The highest BCUT2D eigenvalue weighted by Crippen LogP contribution is 2.15. The molecule has 4 heteroatoms. The van der Waals surface area contributed by atoms with Gasteiger partial charge in [-0.05, 0) is 31.7 Å². The molecule has 2 N–H and O–H groups in total. The fourth-order valence-corrected chi connectivity index (χ4v) is 2.48. The van der Waals surface area contributed by atoms with Gasteiger partial charge in [0.15, 0.2) is 5.96 Å². The summed E-state index contributed by atoms with van der Waals surface area (Å²) in [7, 11) is 1.81. The Morgan fingerprint density at radius 3 is 2.68 bits per heavy atom. The molecule has 120 valence electrons. The molecule has 0 saturated heterocycles. The van der Waals surface area contributed by atoms with Gasteiger partial charge in [-0.1, -0.05) is 42.5 Å². The Morgan fingerprint density at radius 1 is 1.27 bits per heavy atom. The molecule has 0 aliphatic heterocycles. The molecule has 4 nitrogen and oxygen atoms in total. The highest BCUT2D eigenvalue weighted by Gasteiger charge is 2.11. The van der Waals surface area contributed by atoms with Crippen LogP contribution in [0.5, 0.6) is 0 Å². The van der Waals surface area contributed by atoms with Gasteiger partial charge in [0.05, 0.1) is 6.10 Å². The van der Waals surface area contributed by atoms with Crippen LogP contribution in [-0.2, 0) is 4.74 Å². The molecule has 2 rings (SSSR count). The van der Waals surface area contributed by atoms with E-state index in [1.165, 1.54) is 5.56 Å². The zero-order valence-corrected chi connectivity index (χ0v) is 13.6. The lowest BCUT2D eigenvalue weighted by atomic mass is 10.1. The molecule has 0 saturated carbocycles. The van der Waals surface area contributed by atoms with Crippen LogP contribution in [0.2, 0.25) is 0 Å². The average Bonchev–Trinajstić information content (AvgIpc) is 3.07. The molecule has 0 radical (unpaired) electrons. The van der Waals surface area contributed by atoms with Crippen LogP contribution < -0.4 is 10.6 Å². The molecule has 1 aromatic rings. The predicted octanol–water partition coefficient (Wildman–Crippen LogP) is 3.04. The monoisotopic (exact) mass is 301 g/mol. The fourth-order valence-electron chi connectivity index (χ4n) is 2.48. The van der Waals surface area contributed by atoms with Gasteiger partial charge in [0.25, 0.3) is 0 Å². The number of rotatable bonds is 7. The summed E-state index contributed by atoms with van der Waals surface area (Å²) in [6, 6.07) is 10.8. The Kier molecular flexibility index (Phi) is 6.97. The molecule has 1 aliphatic carbocycles. The van der Waals surface area contributed by atoms with E-state index in [-0.39, 0.29) is 6.10 Å². The summed E-state index contributed by atoms with van der Waals surface area (Å²) < 4.78 is 5.87. The standard InChI is InChI=1S/C18H27N3O/c1-15(16-9-4-3-5-10-16)22-14-8-13-20-18(19-2)21-17-11-6-7-12-17/h3-7,9-10,15,17H,8,11-14H2,1-2H3,(H2,19,20,21). The molecule has 1 aromatic carbocycles. The number of nitrogens with one attached hydrogen (secondary N) is 2. The number of hydrogen-bond acceptors (Lipinski definition) is 2. The average molecular weight is 301 g/mol. The van der Waals surface area contributed by atoms with E-state index >= 15 is 0 Å². The van der Waals surface area contributed by atoms with Crippen molar-refractivity contribution in [3.8, 4) is 0 Å². The summed E-state index contributed by atoms with van der Waals surface area (Å²) in [6.07, 6.45) is 7.69. The third-order valence-corrected chi connectivity index (χ3v) is 3.82. The minimum atomic E-state index is 0.142. The quantitative estimate of drug-likeness (QED) is 0.352.